The summed E-state index contributed by atoms with van der Waals surface area (Å²) in [5.41, 5.74) is 7.64. The summed E-state index contributed by atoms with van der Waals surface area (Å²) in [5.74, 6) is -0.482. The molecular weight excluding hydrogens is 381 g/mol. The van der Waals surface area contributed by atoms with Crippen molar-refractivity contribution in [2.75, 3.05) is 23.3 Å². The van der Waals surface area contributed by atoms with E-state index in [-0.39, 0.29) is 6.04 Å². The summed E-state index contributed by atoms with van der Waals surface area (Å²) >= 11 is 0. The van der Waals surface area contributed by atoms with E-state index in [1.54, 1.807) is 12.3 Å². The molecule has 8 heteroatoms. The van der Waals surface area contributed by atoms with Crippen molar-refractivity contribution in [3.63, 3.8) is 0 Å². The Morgan fingerprint density at radius 2 is 1.90 bits per heavy atom. The maximum Gasteiger partial charge on any atom is 0.416 e. The van der Waals surface area contributed by atoms with E-state index in [4.69, 9.17) is 5.73 Å². The minimum Gasteiger partial charge on any atom is -0.381 e. The number of rotatable bonds is 4. The SMILES string of the molecule is NC(=O)c1ccc(N2CCCC(Nc3ccc(C(F)(F)F)cc3)C2)c2cc[nH]c12. The van der Waals surface area contributed by atoms with Gasteiger partial charge in [-0.25, -0.2) is 0 Å². The highest BCUT2D eigenvalue weighted by atomic mass is 19.4. The minimum atomic E-state index is -4.33. The van der Waals surface area contributed by atoms with Crippen LogP contribution >= 0.6 is 0 Å². The fraction of sp³-hybridized carbons (Fsp3) is 0.286. The number of benzene rings is 2. The maximum absolute atomic E-state index is 12.7. The average molecular weight is 402 g/mol. The highest BCUT2D eigenvalue weighted by Crippen LogP contribution is 2.32. The Balaban J connectivity index is 1.52. The first-order valence-electron chi connectivity index (χ1n) is 9.41. The topological polar surface area (TPSA) is 74.2 Å². The smallest absolute Gasteiger partial charge is 0.381 e. The molecule has 0 radical (unpaired) electrons. The number of amides is 1. The number of aromatic nitrogens is 1. The van der Waals surface area contributed by atoms with E-state index in [0.29, 0.717) is 23.3 Å². The number of hydrogen-bond acceptors (Lipinski definition) is 3. The highest BCUT2D eigenvalue weighted by Gasteiger charge is 2.30. The molecule has 1 fully saturated rings. The fourth-order valence-corrected chi connectivity index (χ4v) is 3.93. The maximum atomic E-state index is 12.7. The monoisotopic (exact) mass is 402 g/mol. The van der Waals surface area contributed by atoms with Crippen molar-refractivity contribution in [1.29, 1.82) is 0 Å². The number of halogens is 3. The van der Waals surface area contributed by atoms with E-state index in [9.17, 15) is 18.0 Å². The molecule has 1 aliphatic rings. The van der Waals surface area contributed by atoms with Crippen LogP contribution in [0.25, 0.3) is 10.9 Å². The van der Waals surface area contributed by atoms with Crippen molar-refractivity contribution >= 4 is 28.2 Å². The first-order valence-corrected chi connectivity index (χ1v) is 9.41. The Bertz CT molecular complexity index is 1030. The number of carbonyl (C=O) groups is 1. The molecule has 3 aromatic rings. The number of nitrogens with two attached hydrogens (primary N) is 1. The van der Waals surface area contributed by atoms with Crippen molar-refractivity contribution in [3.05, 3.63) is 59.8 Å². The third-order valence-corrected chi connectivity index (χ3v) is 5.31. The van der Waals surface area contributed by atoms with Crippen molar-refractivity contribution in [1.82, 2.24) is 4.98 Å². The van der Waals surface area contributed by atoms with Crippen molar-refractivity contribution in [2.24, 2.45) is 5.73 Å². The molecule has 1 aromatic heterocycles. The third-order valence-electron chi connectivity index (χ3n) is 5.31. The molecule has 0 saturated carbocycles. The molecule has 29 heavy (non-hydrogen) atoms. The van der Waals surface area contributed by atoms with Gasteiger partial charge < -0.3 is 20.9 Å². The molecule has 2 heterocycles. The lowest BCUT2D eigenvalue weighted by Crippen LogP contribution is -2.42. The van der Waals surface area contributed by atoms with E-state index in [0.717, 1.165) is 42.6 Å². The molecule has 4 N–H and O–H groups in total. The second kappa shape index (κ2) is 7.35. The van der Waals surface area contributed by atoms with Gasteiger partial charge in [-0.2, -0.15) is 13.2 Å². The molecule has 1 aliphatic heterocycles. The summed E-state index contributed by atoms with van der Waals surface area (Å²) in [6.07, 6.45) is -0.684. The summed E-state index contributed by atoms with van der Waals surface area (Å²) in [6, 6.07) is 10.8. The molecule has 1 amide bonds. The number of hydrogen-bond donors (Lipinski definition) is 3. The van der Waals surface area contributed by atoms with Crippen LogP contribution in [0.15, 0.2) is 48.7 Å². The normalized spacial score (nSPS) is 17.5. The molecule has 1 saturated heterocycles. The number of nitrogens with one attached hydrogen (secondary N) is 2. The van der Waals surface area contributed by atoms with Crippen LogP contribution in [0.2, 0.25) is 0 Å². The Labute approximate surface area is 165 Å². The first kappa shape index (κ1) is 19.2. The molecule has 2 aromatic carbocycles. The quantitative estimate of drug-likeness (QED) is 0.607. The number of fused-ring (bicyclic) bond motifs is 1. The standard InChI is InChI=1S/C21H21F3N4O/c22-21(23,24)13-3-5-14(6-4-13)27-15-2-1-11-28(12-15)18-8-7-17(20(25)29)19-16(18)9-10-26-19/h3-10,15,26-27H,1-2,11-12H2,(H2,25,29). The zero-order chi connectivity index (χ0) is 20.6. The summed E-state index contributed by atoms with van der Waals surface area (Å²) < 4.78 is 38.2. The summed E-state index contributed by atoms with van der Waals surface area (Å²) in [4.78, 5) is 17.0. The number of aromatic amines is 1. The molecule has 4 rings (SSSR count). The fourth-order valence-electron chi connectivity index (χ4n) is 3.93. The van der Waals surface area contributed by atoms with Crippen molar-refractivity contribution < 1.29 is 18.0 Å². The molecule has 0 spiro atoms. The summed E-state index contributed by atoms with van der Waals surface area (Å²) in [7, 11) is 0. The van der Waals surface area contributed by atoms with Gasteiger partial charge in [0.2, 0.25) is 0 Å². The van der Waals surface area contributed by atoms with Crippen LogP contribution in [0.3, 0.4) is 0 Å². The van der Waals surface area contributed by atoms with Crippen LogP contribution in [0.5, 0.6) is 0 Å². The van der Waals surface area contributed by atoms with Gasteiger partial charge in [0.05, 0.1) is 16.6 Å². The lowest BCUT2D eigenvalue weighted by atomic mass is 10.0. The zero-order valence-corrected chi connectivity index (χ0v) is 15.6. The number of carbonyl (C=O) groups excluding carboxylic acids is 1. The summed E-state index contributed by atoms with van der Waals surface area (Å²) in [5, 5.41) is 4.27. The molecule has 0 aliphatic carbocycles. The number of nitrogens with zero attached hydrogens (tertiary/aromatic N) is 1. The lowest BCUT2D eigenvalue weighted by molar-refractivity contribution is -0.137. The van der Waals surface area contributed by atoms with Crippen LogP contribution in [0.4, 0.5) is 24.5 Å². The number of primary amides is 1. The minimum absolute atomic E-state index is 0.102. The molecule has 5 nitrogen and oxygen atoms in total. The number of anilines is 2. The zero-order valence-electron chi connectivity index (χ0n) is 15.6. The predicted octanol–water partition coefficient (Wildman–Crippen LogP) is 4.37. The van der Waals surface area contributed by atoms with E-state index in [1.165, 1.54) is 12.1 Å². The average Bonchev–Trinajstić information content (AvgIpc) is 3.17. The largest absolute Gasteiger partial charge is 0.416 e. The second-order valence-corrected chi connectivity index (χ2v) is 7.27. The first-order chi connectivity index (χ1) is 13.8. The molecule has 1 atom stereocenters. The Morgan fingerprint density at radius 3 is 2.59 bits per heavy atom. The van der Waals surface area contributed by atoms with E-state index in [2.05, 4.69) is 15.2 Å². The van der Waals surface area contributed by atoms with Gasteiger partial charge in [-0.05, 0) is 55.3 Å². The summed E-state index contributed by atoms with van der Waals surface area (Å²) in [6.45, 7) is 1.57. The van der Waals surface area contributed by atoms with E-state index < -0.39 is 17.6 Å². The number of H-pyrrole nitrogens is 1. The van der Waals surface area contributed by atoms with Gasteiger partial charge in [0.1, 0.15) is 0 Å². The predicted molar refractivity (Wildman–Crippen MR) is 107 cm³/mol. The lowest BCUT2D eigenvalue weighted by Gasteiger charge is -2.35. The van der Waals surface area contributed by atoms with E-state index in [1.807, 2.05) is 12.1 Å². The molecule has 152 valence electrons. The van der Waals surface area contributed by atoms with Crippen molar-refractivity contribution in [2.45, 2.75) is 25.1 Å². The third kappa shape index (κ3) is 3.87. The highest BCUT2D eigenvalue weighted by molar-refractivity contribution is 6.08. The van der Waals surface area contributed by atoms with Gasteiger partial charge in [0.15, 0.2) is 0 Å². The Kier molecular flexibility index (Phi) is 4.86. The number of piperidine rings is 1. The van der Waals surface area contributed by atoms with Crippen LogP contribution in [-0.4, -0.2) is 30.0 Å². The molecule has 1 unspecified atom stereocenters. The van der Waals surface area contributed by atoms with Crippen LogP contribution < -0.4 is 16.0 Å². The number of alkyl halides is 3. The van der Waals surface area contributed by atoms with Gasteiger partial charge in [-0.15, -0.1) is 0 Å². The van der Waals surface area contributed by atoms with Gasteiger partial charge in [0.25, 0.3) is 5.91 Å². The van der Waals surface area contributed by atoms with Crippen LogP contribution in [-0.2, 0) is 6.18 Å². The van der Waals surface area contributed by atoms with Crippen LogP contribution in [0.1, 0.15) is 28.8 Å². The van der Waals surface area contributed by atoms with Gasteiger partial charge in [0, 0.05) is 42.1 Å². The van der Waals surface area contributed by atoms with Gasteiger partial charge in [-0.3, -0.25) is 4.79 Å². The Morgan fingerprint density at radius 1 is 1.14 bits per heavy atom. The van der Waals surface area contributed by atoms with Crippen molar-refractivity contribution in [3.8, 4) is 0 Å². The second-order valence-electron chi connectivity index (χ2n) is 7.27. The Hall–Kier alpha value is -3.16. The van der Waals surface area contributed by atoms with Crippen LogP contribution in [0, 0.1) is 0 Å². The van der Waals surface area contributed by atoms with E-state index >= 15 is 0 Å². The van der Waals surface area contributed by atoms with Gasteiger partial charge in [-0.1, -0.05) is 0 Å². The molecule has 0 bridgehead atoms. The molecular formula is C21H21F3N4O. The van der Waals surface area contributed by atoms with Gasteiger partial charge >= 0.3 is 6.18 Å².